The molecule has 1 aliphatic rings. The van der Waals surface area contributed by atoms with Crippen molar-refractivity contribution in [3.8, 4) is 0 Å². The van der Waals surface area contributed by atoms with E-state index in [1.165, 1.54) is 0 Å². The molecule has 1 atom stereocenters. The Labute approximate surface area is 100 Å². The van der Waals surface area contributed by atoms with Crippen LogP contribution in [-0.2, 0) is 0 Å². The van der Waals surface area contributed by atoms with E-state index in [4.69, 9.17) is 5.11 Å². The Morgan fingerprint density at radius 1 is 1.65 bits per heavy atom. The molecule has 0 aliphatic carbocycles. The van der Waals surface area contributed by atoms with Crippen molar-refractivity contribution in [1.29, 1.82) is 0 Å². The first-order valence-corrected chi connectivity index (χ1v) is 5.94. The van der Waals surface area contributed by atoms with Crippen LogP contribution >= 0.6 is 0 Å². The Bertz CT molecular complexity index is 402. The molecule has 2 rings (SSSR count). The normalized spacial score (nSPS) is 20.2. The van der Waals surface area contributed by atoms with E-state index in [9.17, 15) is 4.79 Å². The van der Waals surface area contributed by atoms with Crippen molar-refractivity contribution in [3.05, 3.63) is 11.6 Å². The first kappa shape index (κ1) is 12.0. The molecule has 0 radical (unpaired) electrons. The summed E-state index contributed by atoms with van der Waals surface area (Å²) >= 11 is 0. The zero-order chi connectivity index (χ0) is 12.4. The second kappa shape index (κ2) is 4.83. The Balaban J connectivity index is 2.04. The number of rotatable bonds is 3. The highest BCUT2D eigenvalue weighted by atomic mass is 16.3. The zero-order valence-corrected chi connectivity index (χ0v) is 10.2. The molecule has 1 aliphatic heterocycles. The number of likely N-dealkylation sites (tertiary alicyclic amines) is 1. The molecular formula is C11H18N4O2. The minimum atomic E-state index is -0.149. The summed E-state index contributed by atoms with van der Waals surface area (Å²) < 4.78 is 0. The van der Waals surface area contributed by atoms with Crippen LogP contribution in [-0.4, -0.2) is 50.8 Å². The van der Waals surface area contributed by atoms with Crippen LogP contribution in [0.15, 0.2) is 0 Å². The van der Waals surface area contributed by atoms with Crippen molar-refractivity contribution >= 4 is 5.91 Å². The van der Waals surface area contributed by atoms with E-state index >= 15 is 0 Å². The van der Waals surface area contributed by atoms with Crippen molar-refractivity contribution in [1.82, 2.24) is 20.1 Å². The van der Waals surface area contributed by atoms with Crippen molar-refractivity contribution in [2.24, 2.45) is 5.92 Å². The second-order valence-corrected chi connectivity index (χ2v) is 4.79. The van der Waals surface area contributed by atoms with Crippen LogP contribution < -0.4 is 0 Å². The van der Waals surface area contributed by atoms with Gasteiger partial charge >= 0.3 is 0 Å². The molecule has 1 amide bonds. The summed E-state index contributed by atoms with van der Waals surface area (Å²) in [5.74, 6) is 1.23. The number of nitrogens with zero attached hydrogens (tertiary/aromatic N) is 3. The van der Waals surface area contributed by atoms with Gasteiger partial charge in [-0.3, -0.25) is 9.89 Å². The van der Waals surface area contributed by atoms with Gasteiger partial charge in [0.2, 0.25) is 5.82 Å². The summed E-state index contributed by atoms with van der Waals surface area (Å²) in [6, 6.07) is 0. The molecule has 1 saturated heterocycles. The average molecular weight is 238 g/mol. The Kier molecular flexibility index (Phi) is 3.42. The summed E-state index contributed by atoms with van der Waals surface area (Å²) in [7, 11) is 0. The number of aromatic amines is 1. The summed E-state index contributed by atoms with van der Waals surface area (Å²) in [5.41, 5.74) is 0. The lowest BCUT2D eigenvalue weighted by Gasteiger charge is -2.13. The van der Waals surface area contributed by atoms with Gasteiger partial charge in [-0.1, -0.05) is 13.8 Å². The third-order valence-electron chi connectivity index (χ3n) is 3.07. The first-order chi connectivity index (χ1) is 8.11. The van der Waals surface area contributed by atoms with Crippen molar-refractivity contribution < 1.29 is 9.90 Å². The highest BCUT2D eigenvalue weighted by Gasteiger charge is 2.28. The quantitative estimate of drug-likeness (QED) is 0.797. The van der Waals surface area contributed by atoms with Gasteiger partial charge in [-0.2, -0.15) is 0 Å². The highest BCUT2D eigenvalue weighted by Crippen LogP contribution is 2.17. The van der Waals surface area contributed by atoms with Gasteiger partial charge in [0.25, 0.3) is 5.91 Å². The molecule has 1 unspecified atom stereocenters. The maximum atomic E-state index is 12.0. The van der Waals surface area contributed by atoms with Gasteiger partial charge in [-0.05, 0) is 6.42 Å². The molecule has 0 saturated carbocycles. The molecule has 1 aromatic rings. The van der Waals surface area contributed by atoms with E-state index in [0.29, 0.717) is 13.1 Å². The molecule has 6 nitrogen and oxygen atoms in total. The molecule has 0 aromatic carbocycles. The van der Waals surface area contributed by atoms with Crippen LogP contribution in [0.5, 0.6) is 0 Å². The van der Waals surface area contributed by atoms with E-state index in [2.05, 4.69) is 15.2 Å². The topological polar surface area (TPSA) is 82.1 Å². The smallest absolute Gasteiger partial charge is 0.293 e. The van der Waals surface area contributed by atoms with E-state index in [-0.39, 0.29) is 30.2 Å². The van der Waals surface area contributed by atoms with Crippen molar-refractivity contribution in [3.63, 3.8) is 0 Å². The Hall–Kier alpha value is -1.43. The fraction of sp³-hybridized carbons (Fsp3) is 0.727. The first-order valence-electron chi connectivity index (χ1n) is 5.94. The van der Waals surface area contributed by atoms with Crippen molar-refractivity contribution in [2.45, 2.75) is 26.2 Å². The van der Waals surface area contributed by atoms with Crippen LogP contribution in [0, 0.1) is 5.92 Å². The molecule has 2 N–H and O–H groups in total. The van der Waals surface area contributed by atoms with Crippen LogP contribution in [0.25, 0.3) is 0 Å². The maximum Gasteiger partial charge on any atom is 0.293 e. The highest BCUT2D eigenvalue weighted by molar-refractivity contribution is 5.90. The summed E-state index contributed by atoms with van der Waals surface area (Å²) in [5, 5.41) is 15.8. The fourth-order valence-electron chi connectivity index (χ4n) is 1.94. The number of amides is 1. The molecular weight excluding hydrogens is 220 g/mol. The SMILES string of the molecule is CC(C)c1nc(C(=O)N2CCC(CO)C2)n[nH]1. The van der Waals surface area contributed by atoms with Crippen LogP contribution in [0.1, 0.15) is 42.6 Å². The summed E-state index contributed by atoms with van der Waals surface area (Å²) in [4.78, 5) is 17.9. The minimum absolute atomic E-state index is 0.134. The van der Waals surface area contributed by atoms with Gasteiger partial charge in [0.1, 0.15) is 5.82 Å². The predicted octanol–water partition coefficient (Wildman–Crippen LogP) is 0.382. The molecule has 0 bridgehead atoms. The van der Waals surface area contributed by atoms with Gasteiger partial charge in [0.15, 0.2) is 0 Å². The van der Waals surface area contributed by atoms with Crippen LogP contribution in [0.3, 0.4) is 0 Å². The lowest BCUT2D eigenvalue weighted by molar-refractivity contribution is 0.0770. The largest absolute Gasteiger partial charge is 0.396 e. The molecule has 6 heteroatoms. The minimum Gasteiger partial charge on any atom is -0.396 e. The number of carbonyl (C=O) groups excluding carboxylic acids is 1. The van der Waals surface area contributed by atoms with Crippen molar-refractivity contribution in [2.75, 3.05) is 19.7 Å². The average Bonchev–Trinajstić information content (AvgIpc) is 2.97. The van der Waals surface area contributed by atoms with Crippen LogP contribution in [0.2, 0.25) is 0 Å². The van der Waals surface area contributed by atoms with E-state index < -0.39 is 0 Å². The number of H-pyrrole nitrogens is 1. The molecule has 1 fully saturated rings. The van der Waals surface area contributed by atoms with Gasteiger partial charge < -0.3 is 10.0 Å². The van der Waals surface area contributed by atoms with Gasteiger partial charge in [-0.15, -0.1) is 5.10 Å². The summed E-state index contributed by atoms with van der Waals surface area (Å²) in [6.07, 6.45) is 0.851. The third kappa shape index (κ3) is 2.46. The van der Waals surface area contributed by atoms with E-state index in [1.54, 1.807) is 4.90 Å². The number of aliphatic hydroxyl groups excluding tert-OH is 1. The second-order valence-electron chi connectivity index (χ2n) is 4.79. The molecule has 0 spiro atoms. The maximum absolute atomic E-state index is 12.0. The standard InChI is InChI=1S/C11H18N4O2/c1-7(2)9-12-10(14-13-9)11(17)15-4-3-8(5-15)6-16/h7-8,16H,3-6H2,1-2H3,(H,12,13,14). The number of nitrogens with one attached hydrogen (secondary N) is 1. The lowest BCUT2D eigenvalue weighted by atomic mass is 10.1. The molecule has 2 heterocycles. The lowest BCUT2D eigenvalue weighted by Crippen LogP contribution is -2.30. The Morgan fingerprint density at radius 2 is 2.41 bits per heavy atom. The van der Waals surface area contributed by atoms with Gasteiger partial charge in [0.05, 0.1) is 0 Å². The third-order valence-corrected chi connectivity index (χ3v) is 3.07. The number of hydrogen-bond acceptors (Lipinski definition) is 4. The number of carbonyl (C=O) groups is 1. The predicted molar refractivity (Wildman–Crippen MR) is 61.6 cm³/mol. The number of hydrogen-bond donors (Lipinski definition) is 2. The van der Waals surface area contributed by atoms with E-state index in [0.717, 1.165) is 12.2 Å². The Morgan fingerprint density at radius 3 is 2.94 bits per heavy atom. The number of aliphatic hydroxyl groups is 1. The van der Waals surface area contributed by atoms with Gasteiger partial charge in [0, 0.05) is 31.5 Å². The monoisotopic (exact) mass is 238 g/mol. The van der Waals surface area contributed by atoms with Crippen LogP contribution in [0.4, 0.5) is 0 Å². The fourth-order valence-corrected chi connectivity index (χ4v) is 1.94. The van der Waals surface area contributed by atoms with E-state index in [1.807, 2.05) is 13.8 Å². The summed E-state index contributed by atoms with van der Waals surface area (Å²) in [6.45, 7) is 5.39. The molecule has 17 heavy (non-hydrogen) atoms. The molecule has 94 valence electrons. The molecule has 1 aromatic heterocycles. The number of aromatic nitrogens is 3. The van der Waals surface area contributed by atoms with Gasteiger partial charge in [-0.25, -0.2) is 4.98 Å². The zero-order valence-electron chi connectivity index (χ0n) is 10.2.